The Balaban J connectivity index is 2.20. The van der Waals surface area contributed by atoms with E-state index in [4.69, 9.17) is 15.6 Å². The van der Waals surface area contributed by atoms with Crippen molar-refractivity contribution in [3.05, 3.63) is 35.9 Å². The van der Waals surface area contributed by atoms with Crippen LogP contribution >= 0.6 is 0 Å². The Morgan fingerprint density at radius 1 is 1.29 bits per heavy atom. The zero-order valence-corrected chi connectivity index (χ0v) is 8.23. The number of aliphatic hydroxyl groups excluding tert-OH is 1. The van der Waals surface area contributed by atoms with Gasteiger partial charge in [0.1, 0.15) is 6.23 Å². The van der Waals surface area contributed by atoms with Crippen LogP contribution in [0.4, 0.5) is 0 Å². The lowest BCUT2D eigenvalue weighted by Crippen LogP contribution is -2.25. The lowest BCUT2D eigenvalue weighted by Gasteiger charge is -2.11. The molecule has 0 saturated heterocycles. The number of nitrogens with two attached hydrogens (primary N) is 1. The molecule has 1 aromatic rings. The maximum atomic E-state index is 8.52. The highest BCUT2D eigenvalue weighted by atomic mass is 16.5. The number of hydrogen-bond acceptors (Lipinski definition) is 3. The molecule has 1 rings (SSSR count). The van der Waals surface area contributed by atoms with Crippen LogP contribution in [0.3, 0.4) is 0 Å². The molecule has 0 saturated carbocycles. The van der Waals surface area contributed by atoms with Gasteiger partial charge in [0.15, 0.2) is 0 Å². The fourth-order valence-electron chi connectivity index (χ4n) is 1.24. The van der Waals surface area contributed by atoms with Gasteiger partial charge in [0, 0.05) is 0 Å². The van der Waals surface area contributed by atoms with Gasteiger partial charge in [-0.1, -0.05) is 30.3 Å². The number of benzene rings is 1. The van der Waals surface area contributed by atoms with Crippen molar-refractivity contribution < 1.29 is 9.84 Å². The van der Waals surface area contributed by atoms with E-state index in [1.54, 1.807) is 0 Å². The lowest BCUT2D eigenvalue weighted by molar-refractivity contribution is 0.0280. The highest BCUT2D eigenvalue weighted by Gasteiger charge is 2.01. The summed E-state index contributed by atoms with van der Waals surface area (Å²) in [7, 11) is 0. The molecular weight excluding hydrogens is 178 g/mol. The summed E-state index contributed by atoms with van der Waals surface area (Å²) in [5, 5.41) is 8.52. The van der Waals surface area contributed by atoms with Crippen molar-refractivity contribution in [3.8, 4) is 0 Å². The van der Waals surface area contributed by atoms with Gasteiger partial charge in [-0.15, -0.1) is 0 Å². The number of hydrogen-bond donors (Lipinski definition) is 2. The van der Waals surface area contributed by atoms with Crippen molar-refractivity contribution in [2.75, 3.05) is 13.2 Å². The number of rotatable bonds is 6. The molecule has 0 spiro atoms. The van der Waals surface area contributed by atoms with Crippen LogP contribution in [-0.4, -0.2) is 24.5 Å². The van der Waals surface area contributed by atoms with Crippen LogP contribution in [0.15, 0.2) is 30.3 Å². The second-order valence-corrected chi connectivity index (χ2v) is 3.16. The summed E-state index contributed by atoms with van der Waals surface area (Å²) in [6.07, 6.45) is 1.42. The topological polar surface area (TPSA) is 55.5 Å². The number of aliphatic hydroxyl groups is 1. The maximum Gasteiger partial charge on any atom is 0.106 e. The Labute approximate surface area is 84.5 Å². The predicted molar refractivity (Wildman–Crippen MR) is 55.8 cm³/mol. The van der Waals surface area contributed by atoms with Gasteiger partial charge in [-0.05, 0) is 18.4 Å². The third-order valence-electron chi connectivity index (χ3n) is 1.98. The normalized spacial score (nSPS) is 12.7. The van der Waals surface area contributed by atoms with Crippen molar-refractivity contribution >= 4 is 0 Å². The smallest absolute Gasteiger partial charge is 0.106 e. The van der Waals surface area contributed by atoms with Gasteiger partial charge in [-0.3, -0.25) is 0 Å². The van der Waals surface area contributed by atoms with Gasteiger partial charge in [-0.2, -0.15) is 0 Å². The van der Waals surface area contributed by atoms with Gasteiger partial charge < -0.3 is 15.6 Å². The van der Waals surface area contributed by atoms with Crippen LogP contribution in [-0.2, 0) is 11.2 Å². The fraction of sp³-hybridized carbons (Fsp3) is 0.455. The van der Waals surface area contributed by atoms with E-state index >= 15 is 0 Å². The average molecular weight is 195 g/mol. The Hall–Kier alpha value is -0.900. The maximum absolute atomic E-state index is 8.52. The second-order valence-electron chi connectivity index (χ2n) is 3.16. The van der Waals surface area contributed by atoms with Gasteiger partial charge in [0.05, 0.1) is 13.2 Å². The number of aryl methyl sites for hydroxylation is 1. The molecule has 3 nitrogen and oxygen atoms in total. The molecule has 78 valence electrons. The highest BCUT2D eigenvalue weighted by molar-refractivity contribution is 5.14. The third kappa shape index (κ3) is 4.37. The van der Waals surface area contributed by atoms with E-state index in [0.717, 1.165) is 12.8 Å². The summed E-state index contributed by atoms with van der Waals surface area (Å²) in [5.74, 6) is 0. The summed E-state index contributed by atoms with van der Waals surface area (Å²) in [6.45, 7) is 0.342. The van der Waals surface area contributed by atoms with E-state index in [9.17, 15) is 0 Å². The quantitative estimate of drug-likeness (QED) is 0.663. The first-order chi connectivity index (χ1) is 6.83. The molecule has 0 amide bonds. The minimum absolute atomic E-state index is 0.0268. The zero-order chi connectivity index (χ0) is 10.2. The Kier molecular flexibility index (Phi) is 5.22. The molecule has 1 aromatic carbocycles. The number of ether oxygens (including phenoxy) is 1. The van der Waals surface area contributed by atoms with Crippen molar-refractivity contribution in [3.63, 3.8) is 0 Å². The minimum Gasteiger partial charge on any atom is -0.394 e. The van der Waals surface area contributed by atoms with E-state index in [0.29, 0.717) is 6.61 Å². The molecule has 0 heterocycles. The van der Waals surface area contributed by atoms with Crippen LogP contribution in [0.5, 0.6) is 0 Å². The predicted octanol–water partition coefficient (Wildman–Crippen LogP) is 0.913. The third-order valence-corrected chi connectivity index (χ3v) is 1.98. The van der Waals surface area contributed by atoms with Crippen LogP contribution in [0.2, 0.25) is 0 Å². The minimum atomic E-state index is -0.276. The van der Waals surface area contributed by atoms with Gasteiger partial charge in [0.2, 0.25) is 0 Å². The van der Waals surface area contributed by atoms with Crippen LogP contribution < -0.4 is 5.73 Å². The summed E-state index contributed by atoms with van der Waals surface area (Å²) >= 11 is 0. The van der Waals surface area contributed by atoms with E-state index in [1.165, 1.54) is 5.56 Å². The van der Waals surface area contributed by atoms with Gasteiger partial charge in [-0.25, -0.2) is 0 Å². The molecule has 14 heavy (non-hydrogen) atoms. The molecule has 0 aliphatic carbocycles. The van der Waals surface area contributed by atoms with Crippen molar-refractivity contribution in [2.45, 2.75) is 19.1 Å². The van der Waals surface area contributed by atoms with E-state index < -0.39 is 0 Å². The summed E-state index contributed by atoms with van der Waals surface area (Å²) in [5.41, 5.74) is 6.93. The van der Waals surface area contributed by atoms with Crippen molar-refractivity contribution in [2.24, 2.45) is 5.73 Å². The van der Waals surface area contributed by atoms with Crippen molar-refractivity contribution in [1.29, 1.82) is 0 Å². The SMILES string of the molecule is NC(CCc1ccccc1)OCCO. The zero-order valence-electron chi connectivity index (χ0n) is 8.23. The monoisotopic (exact) mass is 195 g/mol. The van der Waals surface area contributed by atoms with Gasteiger partial charge in [0.25, 0.3) is 0 Å². The molecule has 0 fully saturated rings. The Morgan fingerprint density at radius 3 is 2.64 bits per heavy atom. The molecule has 1 atom stereocenters. The molecule has 0 bridgehead atoms. The molecule has 0 aromatic heterocycles. The summed E-state index contributed by atoms with van der Waals surface area (Å²) in [4.78, 5) is 0. The van der Waals surface area contributed by atoms with Crippen LogP contribution in [0, 0.1) is 0 Å². The summed E-state index contributed by atoms with van der Waals surface area (Å²) in [6, 6.07) is 10.1. The Morgan fingerprint density at radius 2 is 2.00 bits per heavy atom. The molecule has 0 aliphatic heterocycles. The van der Waals surface area contributed by atoms with E-state index in [2.05, 4.69) is 12.1 Å². The molecule has 0 aliphatic rings. The fourth-order valence-corrected chi connectivity index (χ4v) is 1.24. The largest absolute Gasteiger partial charge is 0.394 e. The first-order valence-corrected chi connectivity index (χ1v) is 4.85. The Bertz CT molecular complexity index is 238. The van der Waals surface area contributed by atoms with Gasteiger partial charge >= 0.3 is 0 Å². The second kappa shape index (κ2) is 6.54. The van der Waals surface area contributed by atoms with Crippen molar-refractivity contribution in [1.82, 2.24) is 0 Å². The lowest BCUT2D eigenvalue weighted by atomic mass is 10.1. The molecule has 1 unspecified atom stereocenters. The standard InChI is InChI=1S/C11H17NO2/c12-11(14-9-8-13)7-6-10-4-2-1-3-5-10/h1-5,11,13H,6-9,12H2. The summed E-state index contributed by atoms with van der Waals surface area (Å²) < 4.78 is 5.14. The first-order valence-electron chi connectivity index (χ1n) is 4.85. The molecule has 3 N–H and O–H groups in total. The highest BCUT2D eigenvalue weighted by Crippen LogP contribution is 2.04. The first kappa shape index (κ1) is 11.2. The van der Waals surface area contributed by atoms with E-state index in [1.807, 2.05) is 18.2 Å². The van der Waals surface area contributed by atoms with Crippen LogP contribution in [0.25, 0.3) is 0 Å². The average Bonchev–Trinajstić information content (AvgIpc) is 2.25. The molecule has 0 radical (unpaired) electrons. The molecule has 3 heteroatoms. The molecular formula is C11H17NO2. The van der Waals surface area contributed by atoms with E-state index in [-0.39, 0.29) is 12.8 Å². The van der Waals surface area contributed by atoms with Crippen LogP contribution in [0.1, 0.15) is 12.0 Å².